The second kappa shape index (κ2) is 8.02. The van der Waals surface area contributed by atoms with Crippen molar-refractivity contribution >= 4 is 34.5 Å². The first-order valence-corrected chi connectivity index (χ1v) is 7.86. The molecule has 0 saturated heterocycles. The highest BCUT2D eigenvalue weighted by atomic mass is 19.1. The Bertz CT molecular complexity index is 980. The molecule has 26 heavy (non-hydrogen) atoms. The smallest absolute Gasteiger partial charge is 0.331 e. The fourth-order valence-corrected chi connectivity index (χ4v) is 2.35. The zero-order valence-electron chi connectivity index (χ0n) is 13.7. The van der Waals surface area contributed by atoms with Gasteiger partial charge in [0.15, 0.2) is 6.61 Å². The monoisotopic (exact) mass is 350 g/mol. The Labute approximate surface area is 149 Å². The number of esters is 1. The summed E-state index contributed by atoms with van der Waals surface area (Å²) in [5.41, 5.74) is 1.59. The molecular weight excluding hydrogens is 335 g/mol. The highest BCUT2D eigenvalue weighted by Crippen LogP contribution is 2.21. The molecule has 3 rings (SSSR count). The van der Waals surface area contributed by atoms with E-state index in [1.807, 2.05) is 12.1 Å². The van der Waals surface area contributed by atoms with Crippen molar-refractivity contribution in [3.8, 4) is 0 Å². The number of ether oxygens (including phenoxy) is 1. The SMILES string of the molecule is O=C(COC(=O)/C=C/c1ccccc1F)Nc1cccc2ncccc12. The first-order chi connectivity index (χ1) is 12.6. The van der Waals surface area contributed by atoms with Crippen molar-refractivity contribution in [2.24, 2.45) is 0 Å². The van der Waals surface area contributed by atoms with Gasteiger partial charge in [0.1, 0.15) is 5.82 Å². The van der Waals surface area contributed by atoms with Gasteiger partial charge in [0, 0.05) is 23.2 Å². The van der Waals surface area contributed by atoms with Gasteiger partial charge in [-0.15, -0.1) is 0 Å². The minimum Gasteiger partial charge on any atom is -0.452 e. The van der Waals surface area contributed by atoms with Gasteiger partial charge >= 0.3 is 5.97 Å². The third-order valence-corrected chi connectivity index (χ3v) is 3.57. The molecule has 0 saturated carbocycles. The normalized spacial score (nSPS) is 10.8. The number of rotatable bonds is 5. The lowest BCUT2D eigenvalue weighted by molar-refractivity contribution is -0.142. The lowest BCUT2D eigenvalue weighted by Gasteiger charge is -2.08. The molecule has 6 heteroatoms. The van der Waals surface area contributed by atoms with E-state index in [1.54, 1.807) is 36.5 Å². The Hall–Kier alpha value is -3.54. The van der Waals surface area contributed by atoms with E-state index >= 15 is 0 Å². The van der Waals surface area contributed by atoms with Crippen LogP contribution in [0.25, 0.3) is 17.0 Å². The lowest BCUT2D eigenvalue weighted by atomic mass is 10.2. The predicted octanol–water partition coefficient (Wildman–Crippen LogP) is 3.57. The van der Waals surface area contributed by atoms with Gasteiger partial charge in [-0.25, -0.2) is 9.18 Å². The molecule has 0 bridgehead atoms. The molecule has 0 spiro atoms. The first-order valence-electron chi connectivity index (χ1n) is 7.86. The number of fused-ring (bicyclic) bond motifs is 1. The van der Waals surface area contributed by atoms with Crippen LogP contribution in [0.2, 0.25) is 0 Å². The van der Waals surface area contributed by atoms with Crippen LogP contribution in [0.15, 0.2) is 66.9 Å². The summed E-state index contributed by atoms with van der Waals surface area (Å²) in [4.78, 5) is 27.9. The highest BCUT2D eigenvalue weighted by Gasteiger charge is 2.08. The fourth-order valence-electron chi connectivity index (χ4n) is 2.35. The van der Waals surface area contributed by atoms with E-state index < -0.39 is 24.3 Å². The summed E-state index contributed by atoms with van der Waals surface area (Å²) in [6.45, 7) is -0.447. The maximum absolute atomic E-state index is 13.5. The Morgan fingerprint density at radius 2 is 1.92 bits per heavy atom. The predicted molar refractivity (Wildman–Crippen MR) is 96.8 cm³/mol. The number of hydrogen-bond donors (Lipinski definition) is 1. The van der Waals surface area contributed by atoms with Crippen LogP contribution < -0.4 is 5.32 Å². The zero-order valence-corrected chi connectivity index (χ0v) is 13.7. The molecule has 1 amide bonds. The molecule has 0 radical (unpaired) electrons. The van der Waals surface area contributed by atoms with Crippen LogP contribution >= 0.6 is 0 Å². The summed E-state index contributed by atoms with van der Waals surface area (Å²) in [6, 6.07) is 15.0. The van der Waals surface area contributed by atoms with Crippen molar-refractivity contribution in [3.63, 3.8) is 0 Å². The topological polar surface area (TPSA) is 68.3 Å². The molecule has 0 aliphatic carbocycles. The van der Waals surface area contributed by atoms with Gasteiger partial charge in [0.2, 0.25) is 0 Å². The third-order valence-electron chi connectivity index (χ3n) is 3.57. The number of halogens is 1. The van der Waals surface area contributed by atoms with Crippen molar-refractivity contribution in [2.75, 3.05) is 11.9 Å². The molecule has 0 aliphatic heterocycles. The van der Waals surface area contributed by atoms with E-state index in [0.717, 1.165) is 17.0 Å². The zero-order chi connectivity index (χ0) is 18.4. The van der Waals surface area contributed by atoms with Gasteiger partial charge < -0.3 is 10.1 Å². The molecule has 1 N–H and O–H groups in total. The summed E-state index contributed by atoms with van der Waals surface area (Å²) in [5, 5.41) is 3.47. The number of hydrogen-bond acceptors (Lipinski definition) is 4. The van der Waals surface area contributed by atoms with Gasteiger partial charge in [0.25, 0.3) is 5.91 Å². The number of anilines is 1. The standard InChI is InChI=1S/C20H15FN2O3/c21-16-7-2-1-5-14(16)10-11-20(25)26-13-19(24)23-18-9-3-8-17-15(18)6-4-12-22-17/h1-12H,13H2,(H,23,24)/b11-10+. The van der Waals surface area contributed by atoms with Crippen molar-refractivity contribution in [1.82, 2.24) is 4.98 Å². The number of nitrogens with one attached hydrogen (secondary N) is 1. The summed E-state index contributed by atoms with van der Waals surface area (Å²) in [5.74, 6) is -1.66. The van der Waals surface area contributed by atoms with E-state index in [2.05, 4.69) is 10.3 Å². The number of amides is 1. The molecular formula is C20H15FN2O3. The second-order valence-electron chi connectivity index (χ2n) is 5.39. The van der Waals surface area contributed by atoms with E-state index in [4.69, 9.17) is 4.74 Å². The van der Waals surface area contributed by atoms with Gasteiger partial charge in [-0.05, 0) is 36.4 Å². The summed E-state index contributed by atoms with van der Waals surface area (Å²) in [7, 11) is 0. The van der Waals surface area contributed by atoms with Crippen LogP contribution in [0.1, 0.15) is 5.56 Å². The maximum atomic E-state index is 13.5. The van der Waals surface area contributed by atoms with Crippen molar-refractivity contribution < 1.29 is 18.7 Å². The van der Waals surface area contributed by atoms with Crippen molar-refractivity contribution in [1.29, 1.82) is 0 Å². The quantitative estimate of drug-likeness (QED) is 0.564. The number of carbonyl (C=O) groups excluding carboxylic acids is 2. The molecule has 5 nitrogen and oxygen atoms in total. The number of pyridine rings is 1. The molecule has 2 aromatic carbocycles. The van der Waals surface area contributed by atoms with E-state index in [9.17, 15) is 14.0 Å². The summed E-state index contributed by atoms with van der Waals surface area (Å²) >= 11 is 0. The Morgan fingerprint density at radius 3 is 2.77 bits per heavy atom. The second-order valence-corrected chi connectivity index (χ2v) is 5.39. The lowest BCUT2D eigenvalue weighted by Crippen LogP contribution is -2.20. The van der Waals surface area contributed by atoms with Crippen LogP contribution in [0.5, 0.6) is 0 Å². The minimum absolute atomic E-state index is 0.261. The highest BCUT2D eigenvalue weighted by molar-refractivity contribution is 6.02. The van der Waals surface area contributed by atoms with E-state index in [0.29, 0.717) is 5.69 Å². The molecule has 3 aromatic rings. The van der Waals surface area contributed by atoms with Crippen LogP contribution in [0.3, 0.4) is 0 Å². The number of aromatic nitrogens is 1. The molecule has 0 aliphatic rings. The molecule has 0 fully saturated rings. The van der Waals surface area contributed by atoms with Gasteiger partial charge in [-0.1, -0.05) is 24.3 Å². The molecule has 0 unspecified atom stereocenters. The third kappa shape index (κ3) is 4.30. The molecule has 1 heterocycles. The van der Waals surface area contributed by atoms with E-state index in [-0.39, 0.29) is 5.56 Å². The minimum atomic E-state index is -0.733. The van der Waals surface area contributed by atoms with Gasteiger partial charge in [-0.2, -0.15) is 0 Å². The van der Waals surface area contributed by atoms with Crippen LogP contribution in [0, 0.1) is 5.82 Å². The number of benzene rings is 2. The van der Waals surface area contributed by atoms with Gasteiger partial charge in [0.05, 0.1) is 11.2 Å². The number of nitrogens with zero attached hydrogens (tertiary/aromatic N) is 1. The first kappa shape index (κ1) is 17.3. The van der Waals surface area contributed by atoms with Crippen molar-refractivity contribution in [2.45, 2.75) is 0 Å². The maximum Gasteiger partial charge on any atom is 0.331 e. The Balaban J connectivity index is 1.57. The molecule has 130 valence electrons. The summed E-state index contributed by atoms with van der Waals surface area (Å²) in [6.07, 6.45) is 4.04. The molecule has 0 atom stereocenters. The fraction of sp³-hybridized carbons (Fsp3) is 0.0500. The van der Waals surface area contributed by atoms with E-state index in [1.165, 1.54) is 18.2 Å². The van der Waals surface area contributed by atoms with Crippen LogP contribution in [-0.2, 0) is 14.3 Å². The van der Waals surface area contributed by atoms with Crippen molar-refractivity contribution in [3.05, 3.63) is 78.3 Å². The molecule has 1 aromatic heterocycles. The largest absolute Gasteiger partial charge is 0.452 e. The van der Waals surface area contributed by atoms with Crippen LogP contribution in [0.4, 0.5) is 10.1 Å². The average molecular weight is 350 g/mol. The Kier molecular flexibility index (Phi) is 5.34. The van der Waals surface area contributed by atoms with Crippen LogP contribution in [-0.4, -0.2) is 23.5 Å². The Morgan fingerprint density at radius 1 is 1.08 bits per heavy atom. The number of carbonyl (C=O) groups is 2. The van der Waals surface area contributed by atoms with Gasteiger partial charge in [-0.3, -0.25) is 9.78 Å². The summed E-state index contributed by atoms with van der Waals surface area (Å²) < 4.78 is 18.3. The average Bonchev–Trinajstić information content (AvgIpc) is 2.66.